The first-order chi connectivity index (χ1) is 13.9. The number of fused-ring (bicyclic) bond motifs is 1. The van der Waals surface area contributed by atoms with E-state index in [0.29, 0.717) is 30.1 Å². The van der Waals surface area contributed by atoms with Gasteiger partial charge in [0.25, 0.3) is 0 Å². The van der Waals surface area contributed by atoms with Gasteiger partial charge in [0, 0.05) is 30.3 Å². The second-order valence-corrected chi connectivity index (χ2v) is 9.58. The zero-order valence-electron chi connectivity index (χ0n) is 19.0. The molecule has 3 fully saturated rings. The minimum Gasteiger partial charge on any atom is -0.497 e. The Morgan fingerprint density at radius 1 is 1.21 bits per heavy atom. The van der Waals surface area contributed by atoms with Crippen LogP contribution in [0.3, 0.4) is 0 Å². The largest absolute Gasteiger partial charge is 0.497 e. The summed E-state index contributed by atoms with van der Waals surface area (Å²) in [6.07, 6.45) is 4.58. The monoisotopic (exact) mass is 397 g/mol. The molecule has 1 aromatic carbocycles. The Hall–Kier alpha value is -1.61. The summed E-state index contributed by atoms with van der Waals surface area (Å²) in [6, 6.07) is 6.97. The van der Waals surface area contributed by atoms with Gasteiger partial charge in [-0.15, -0.1) is 13.2 Å². The Labute approximate surface area is 177 Å². The normalized spacial score (nSPS) is 34.7. The number of ether oxygens (including phenoxy) is 1. The van der Waals surface area contributed by atoms with Crippen LogP contribution < -0.4 is 4.74 Å². The van der Waals surface area contributed by atoms with Gasteiger partial charge in [-0.05, 0) is 80.7 Å². The molecule has 2 saturated carbocycles. The average molecular weight is 398 g/mol. The van der Waals surface area contributed by atoms with E-state index in [0.717, 1.165) is 24.6 Å². The Kier molecular flexibility index (Phi) is 6.57. The Bertz CT molecular complexity index is 740. The standard InChI is InChI=1S/C24H35NO2.C2H4/c1-15-6-9-20(27-5)12-21(15)24-10-11-25(14-19-7-8-19)18(4)23(24)17(3)16(2)22(26)13-24;1-2/h6,9,12,16-19,23H,7-8,10-11,13-14H2,1-5H3;1-2H2. The van der Waals surface area contributed by atoms with Crippen LogP contribution in [0.2, 0.25) is 0 Å². The van der Waals surface area contributed by atoms with E-state index in [9.17, 15) is 4.79 Å². The van der Waals surface area contributed by atoms with Crippen molar-refractivity contribution in [3.63, 3.8) is 0 Å². The number of likely N-dealkylation sites (tertiary alicyclic amines) is 1. The number of aryl methyl sites for hydroxylation is 1. The van der Waals surface area contributed by atoms with Crippen LogP contribution in [0.4, 0.5) is 0 Å². The van der Waals surface area contributed by atoms with Gasteiger partial charge >= 0.3 is 0 Å². The predicted molar refractivity (Wildman–Crippen MR) is 120 cm³/mol. The predicted octanol–water partition coefficient (Wildman–Crippen LogP) is 5.41. The fourth-order valence-corrected chi connectivity index (χ4v) is 6.19. The number of nitrogens with zero attached hydrogens (tertiary/aromatic N) is 1. The van der Waals surface area contributed by atoms with Crippen LogP contribution in [0.5, 0.6) is 5.75 Å². The summed E-state index contributed by atoms with van der Waals surface area (Å²) < 4.78 is 5.57. The van der Waals surface area contributed by atoms with Crippen molar-refractivity contribution in [2.75, 3.05) is 20.2 Å². The highest BCUT2D eigenvalue weighted by molar-refractivity contribution is 5.84. The highest BCUT2D eigenvalue weighted by Crippen LogP contribution is 2.55. The second kappa shape index (κ2) is 8.63. The van der Waals surface area contributed by atoms with Gasteiger partial charge in [0.1, 0.15) is 11.5 Å². The van der Waals surface area contributed by atoms with Crippen LogP contribution in [0.15, 0.2) is 31.4 Å². The quantitative estimate of drug-likeness (QED) is 0.636. The van der Waals surface area contributed by atoms with Crippen molar-refractivity contribution >= 4 is 5.78 Å². The molecule has 5 atom stereocenters. The van der Waals surface area contributed by atoms with Crippen molar-refractivity contribution in [3.05, 3.63) is 42.5 Å². The molecule has 1 aliphatic heterocycles. The SMILES string of the molecule is C=C.COc1ccc(C)c(C23CCN(CC4CC4)C(C)C2C(C)C(C)C(=O)C3)c1. The van der Waals surface area contributed by atoms with Crippen LogP contribution in [0, 0.1) is 30.6 Å². The molecule has 3 nitrogen and oxygen atoms in total. The van der Waals surface area contributed by atoms with Gasteiger partial charge in [-0.3, -0.25) is 4.79 Å². The van der Waals surface area contributed by atoms with Crippen molar-refractivity contribution in [2.45, 2.75) is 64.8 Å². The fraction of sp³-hybridized carbons (Fsp3) is 0.654. The van der Waals surface area contributed by atoms with Gasteiger partial charge in [-0.2, -0.15) is 0 Å². The van der Waals surface area contributed by atoms with Crippen molar-refractivity contribution in [1.29, 1.82) is 0 Å². The molecule has 0 spiro atoms. The zero-order chi connectivity index (χ0) is 21.3. The van der Waals surface area contributed by atoms with E-state index in [-0.39, 0.29) is 11.3 Å². The molecule has 160 valence electrons. The van der Waals surface area contributed by atoms with Gasteiger partial charge in [-0.25, -0.2) is 0 Å². The van der Waals surface area contributed by atoms with Crippen LogP contribution in [0.25, 0.3) is 0 Å². The summed E-state index contributed by atoms with van der Waals surface area (Å²) in [5.74, 6) is 3.37. The number of carbonyl (C=O) groups excluding carboxylic acids is 1. The molecule has 1 aromatic rings. The van der Waals surface area contributed by atoms with Crippen molar-refractivity contribution in [1.82, 2.24) is 4.90 Å². The molecule has 1 saturated heterocycles. The third kappa shape index (κ3) is 3.91. The van der Waals surface area contributed by atoms with Crippen LogP contribution in [-0.2, 0) is 10.2 Å². The third-order valence-corrected chi connectivity index (χ3v) is 8.10. The number of rotatable bonds is 4. The summed E-state index contributed by atoms with van der Waals surface area (Å²) >= 11 is 0. The van der Waals surface area contributed by atoms with Gasteiger partial charge in [0.05, 0.1) is 7.11 Å². The lowest BCUT2D eigenvalue weighted by atomic mass is 9.51. The lowest BCUT2D eigenvalue weighted by Gasteiger charge is -2.58. The highest BCUT2D eigenvalue weighted by Gasteiger charge is 2.56. The summed E-state index contributed by atoms with van der Waals surface area (Å²) in [4.78, 5) is 15.8. The maximum atomic E-state index is 13.0. The van der Waals surface area contributed by atoms with Crippen LogP contribution >= 0.6 is 0 Å². The topological polar surface area (TPSA) is 29.5 Å². The number of hydrogen-bond donors (Lipinski definition) is 0. The number of hydrogen-bond acceptors (Lipinski definition) is 3. The number of piperidine rings is 1. The van der Waals surface area contributed by atoms with Gasteiger partial charge in [0.15, 0.2) is 0 Å². The number of Topliss-reactive ketones (excluding diaryl/α,β-unsaturated/α-hetero) is 1. The molecule has 3 aliphatic rings. The first kappa shape index (κ1) is 22.1. The van der Waals surface area contributed by atoms with E-state index >= 15 is 0 Å². The van der Waals surface area contributed by atoms with Gasteiger partial charge in [-0.1, -0.05) is 19.9 Å². The molecule has 0 radical (unpaired) electrons. The van der Waals surface area contributed by atoms with Crippen molar-refractivity contribution in [3.8, 4) is 5.75 Å². The Morgan fingerprint density at radius 2 is 1.90 bits per heavy atom. The third-order valence-electron chi connectivity index (χ3n) is 8.10. The molecule has 0 bridgehead atoms. The first-order valence-corrected chi connectivity index (χ1v) is 11.3. The molecule has 29 heavy (non-hydrogen) atoms. The maximum absolute atomic E-state index is 13.0. The smallest absolute Gasteiger partial charge is 0.136 e. The summed E-state index contributed by atoms with van der Waals surface area (Å²) in [5.41, 5.74) is 2.62. The summed E-state index contributed by atoms with van der Waals surface area (Å²) in [7, 11) is 1.74. The molecule has 1 heterocycles. The maximum Gasteiger partial charge on any atom is 0.136 e. The molecule has 4 rings (SSSR count). The van der Waals surface area contributed by atoms with E-state index in [1.165, 1.54) is 30.5 Å². The minimum atomic E-state index is -0.0406. The van der Waals surface area contributed by atoms with Crippen LogP contribution in [-0.4, -0.2) is 36.9 Å². The fourth-order valence-electron chi connectivity index (χ4n) is 6.19. The van der Waals surface area contributed by atoms with Crippen LogP contribution in [0.1, 0.15) is 57.6 Å². The van der Waals surface area contributed by atoms with E-state index in [4.69, 9.17) is 4.74 Å². The molecular formula is C26H39NO2. The molecule has 0 aromatic heterocycles. The van der Waals surface area contributed by atoms with Crippen molar-refractivity contribution < 1.29 is 9.53 Å². The zero-order valence-corrected chi connectivity index (χ0v) is 19.0. The number of ketones is 1. The van der Waals surface area contributed by atoms with E-state index < -0.39 is 0 Å². The second-order valence-electron chi connectivity index (χ2n) is 9.58. The molecule has 5 unspecified atom stereocenters. The molecular weight excluding hydrogens is 358 g/mol. The molecule has 0 amide bonds. The number of benzene rings is 1. The minimum absolute atomic E-state index is 0.0406. The lowest BCUT2D eigenvalue weighted by molar-refractivity contribution is -0.136. The molecule has 3 heteroatoms. The number of methoxy groups -OCH3 is 1. The molecule has 0 N–H and O–H groups in total. The lowest BCUT2D eigenvalue weighted by Crippen LogP contribution is -2.62. The van der Waals surface area contributed by atoms with E-state index in [1.807, 2.05) is 6.07 Å². The van der Waals surface area contributed by atoms with E-state index in [1.54, 1.807) is 7.11 Å². The highest BCUT2D eigenvalue weighted by atomic mass is 16.5. The molecule has 2 aliphatic carbocycles. The van der Waals surface area contributed by atoms with Gasteiger partial charge < -0.3 is 9.64 Å². The van der Waals surface area contributed by atoms with Gasteiger partial charge in [0.2, 0.25) is 0 Å². The average Bonchev–Trinajstić information content (AvgIpc) is 3.54. The Morgan fingerprint density at radius 3 is 2.52 bits per heavy atom. The summed E-state index contributed by atoms with van der Waals surface area (Å²) in [6.45, 7) is 17.5. The first-order valence-electron chi connectivity index (χ1n) is 11.3. The van der Waals surface area contributed by atoms with E-state index in [2.05, 4.69) is 57.9 Å². The number of carbonyl (C=O) groups is 1. The summed E-state index contributed by atoms with van der Waals surface area (Å²) in [5, 5.41) is 0. The Balaban J connectivity index is 0.00000117. The van der Waals surface area contributed by atoms with Crippen molar-refractivity contribution in [2.24, 2.45) is 23.7 Å².